The molecule has 1 saturated carbocycles. The summed E-state index contributed by atoms with van der Waals surface area (Å²) in [5, 5.41) is 3.86. The second-order valence-corrected chi connectivity index (χ2v) is 6.40. The summed E-state index contributed by atoms with van der Waals surface area (Å²) in [5.74, 6) is 1.43. The van der Waals surface area contributed by atoms with Gasteiger partial charge >= 0.3 is 0 Å². The van der Waals surface area contributed by atoms with Crippen molar-refractivity contribution in [2.75, 3.05) is 19.8 Å². The molecule has 110 valence electrons. The summed E-state index contributed by atoms with van der Waals surface area (Å²) in [6, 6.07) is 11.7. The fraction of sp³-hybridized carbons (Fsp3) is 0.667. The Balaban J connectivity index is 1.57. The van der Waals surface area contributed by atoms with Gasteiger partial charge in [0.25, 0.3) is 0 Å². The summed E-state index contributed by atoms with van der Waals surface area (Å²) in [7, 11) is 0. The van der Waals surface area contributed by atoms with Crippen molar-refractivity contribution in [2.45, 2.75) is 50.5 Å². The van der Waals surface area contributed by atoms with Crippen LogP contribution in [0.2, 0.25) is 0 Å². The largest absolute Gasteiger partial charge is 0.381 e. The minimum Gasteiger partial charge on any atom is -0.381 e. The van der Waals surface area contributed by atoms with Crippen molar-refractivity contribution in [3.8, 4) is 0 Å². The Morgan fingerprint density at radius 3 is 2.65 bits per heavy atom. The molecule has 0 radical (unpaired) electrons. The summed E-state index contributed by atoms with van der Waals surface area (Å²) < 4.78 is 5.59. The highest BCUT2D eigenvalue weighted by molar-refractivity contribution is 5.22. The molecule has 1 saturated heterocycles. The fourth-order valence-corrected chi connectivity index (χ4v) is 3.76. The molecule has 3 rings (SSSR count). The maximum Gasteiger partial charge on any atom is 0.0506 e. The second-order valence-electron chi connectivity index (χ2n) is 6.40. The molecule has 2 heteroatoms. The molecule has 2 aliphatic rings. The molecule has 3 atom stereocenters. The summed E-state index contributed by atoms with van der Waals surface area (Å²) >= 11 is 0. The van der Waals surface area contributed by atoms with Crippen LogP contribution in [0.4, 0.5) is 0 Å². The predicted molar refractivity (Wildman–Crippen MR) is 83.0 cm³/mol. The highest BCUT2D eigenvalue weighted by Crippen LogP contribution is 2.33. The molecule has 1 N–H and O–H groups in total. The monoisotopic (exact) mass is 273 g/mol. The molecule has 3 unspecified atom stereocenters. The van der Waals surface area contributed by atoms with Gasteiger partial charge in [0.15, 0.2) is 0 Å². The minimum atomic E-state index is 0.660. The first-order valence-corrected chi connectivity index (χ1v) is 8.29. The van der Waals surface area contributed by atoms with Crippen molar-refractivity contribution in [1.29, 1.82) is 0 Å². The van der Waals surface area contributed by atoms with Gasteiger partial charge in [-0.2, -0.15) is 0 Å². The molecular formula is C18H27NO. The van der Waals surface area contributed by atoms with Crippen LogP contribution in [-0.4, -0.2) is 25.8 Å². The lowest BCUT2D eigenvalue weighted by molar-refractivity contribution is 0.0529. The molecule has 1 heterocycles. The SMILES string of the molecule is c1ccc(C2CCCCC2NCC2CCCOC2)cc1. The zero-order valence-electron chi connectivity index (χ0n) is 12.4. The molecule has 0 aromatic heterocycles. The van der Waals surface area contributed by atoms with Gasteiger partial charge in [0.2, 0.25) is 0 Å². The van der Waals surface area contributed by atoms with E-state index in [-0.39, 0.29) is 0 Å². The van der Waals surface area contributed by atoms with Crippen LogP contribution in [0.5, 0.6) is 0 Å². The maximum atomic E-state index is 5.59. The van der Waals surface area contributed by atoms with E-state index >= 15 is 0 Å². The number of nitrogens with one attached hydrogen (secondary N) is 1. The van der Waals surface area contributed by atoms with Crippen molar-refractivity contribution < 1.29 is 4.74 Å². The van der Waals surface area contributed by atoms with E-state index in [1.165, 1.54) is 44.1 Å². The molecule has 20 heavy (non-hydrogen) atoms. The molecule has 2 fully saturated rings. The number of hydrogen-bond donors (Lipinski definition) is 1. The Morgan fingerprint density at radius 1 is 1.00 bits per heavy atom. The first kappa shape index (κ1) is 14.1. The molecular weight excluding hydrogens is 246 g/mol. The van der Waals surface area contributed by atoms with Gasteiger partial charge < -0.3 is 10.1 Å². The first-order chi connectivity index (χ1) is 9.93. The van der Waals surface area contributed by atoms with Crippen molar-refractivity contribution in [1.82, 2.24) is 5.32 Å². The van der Waals surface area contributed by atoms with Crippen molar-refractivity contribution in [2.24, 2.45) is 5.92 Å². The molecule has 1 aromatic rings. The topological polar surface area (TPSA) is 21.3 Å². The van der Waals surface area contributed by atoms with Gasteiger partial charge in [0.1, 0.15) is 0 Å². The molecule has 1 aromatic carbocycles. The zero-order chi connectivity index (χ0) is 13.6. The van der Waals surface area contributed by atoms with Crippen molar-refractivity contribution in [3.63, 3.8) is 0 Å². The van der Waals surface area contributed by atoms with Crippen molar-refractivity contribution >= 4 is 0 Å². The third kappa shape index (κ3) is 3.62. The van der Waals surface area contributed by atoms with Crippen LogP contribution in [0, 0.1) is 5.92 Å². The Hall–Kier alpha value is -0.860. The second kappa shape index (κ2) is 7.24. The third-order valence-electron chi connectivity index (χ3n) is 4.92. The van der Waals surface area contributed by atoms with E-state index in [1.54, 1.807) is 0 Å². The lowest BCUT2D eigenvalue weighted by atomic mass is 9.80. The first-order valence-electron chi connectivity index (χ1n) is 8.29. The molecule has 1 aliphatic heterocycles. The van der Waals surface area contributed by atoms with E-state index in [1.807, 2.05) is 0 Å². The van der Waals surface area contributed by atoms with Crippen LogP contribution in [0.3, 0.4) is 0 Å². The lowest BCUT2D eigenvalue weighted by Gasteiger charge is -2.34. The van der Waals surface area contributed by atoms with Gasteiger partial charge in [0, 0.05) is 19.2 Å². The quantitative estimate of drug-likeness (QED) is 0.902. The van der Waals surface area contributed by atoms with E-state index in [9.17, 15) is 0 Å². The number of benzene rings is 1. The summed E-state index contributed by atoms with van der Waals surface area (Å²) in [4.78, 5) is 0. The molecule has 1 aliphatic carbocycles. The number of rotatable bonds is 4. The summed E-state index contributed by atoms with van der Waals surface area (Å²) in [6.45, 7) is 3.05. The highest BCUT2D eigenvalue weighted by Gasteiger charge is 2.26. The zero-order valence-corrected chi connectivity index (χ0v) is 12.4. The van der Waals surface area contributed by atoms with E-state index in [4.69, 9.17) is 4.74 Å². The minimum absolute atomic E-state index is 0.660. The van der Waals surface area contributed by atoms with Crippen molar-refractivity contribution in [3.05, 3.63) is 35.9 Å². The van der Waals surface area contributed by atoms with Gasteiger partial charge in [0.05, 0.1) is 6.61 Å². The number of ether oxygens (including phenoxy) is 1. The maximum absolute atomic E-state index is 5.59. The average molecular weight is 273 g/mol. The Bertz CT molecular complexity index is 386. The molecule has 0 bridgehead atoms. The average Bonchev–Trinajstić information content (AvgIpc) is 2.55. The smallest absolute Gasteiger partial charge is 0.0506 e. The van der Waals surface area contributed by atoms with Gasteiger partial charge in [-0.05, 0) is 43.1 Å². The van der Waals surface area contributed by atoms with Crippen LogP contribution in [0.15, 0.2) is 30.3 Å². The summed E-state index contributed by atoms with van der Waals surface area (Å²) in [5.41, 5.74) is 1.52. The van der Waals surface area contributed by atoms with Gasteiger partial charge in [-0.15, -0.1) is 0 Å². The molecule has 2 nitrogen and oxygen atoms in total. The van der Waals surface area contributed by atoms with Crippen LogP contribution in [0.25, 0.3) is 0 Å². The van der Waals surface area contributed by atoms with Crippen LogP contribution >= 0.6 is 0 Å². The Morgan fingerprint density at radius 2 is 1.85 bits per heavy atom. The van der Waals surface area contributed by atoms with E-state index in [2.05, 4.69) is 35.6 Å². The van der Waals surface area contributed by atoms with Gasteiger partial charge in [-0.1, -0.05) is 43.2 Å². The Labute approximate surface area is 122 Å². The Kier molecular flexibility index (Phi) is 5.10. The van der Waals surface area contributed by atoms with Crippen LogP contribution in [-0.2, 0) is 4.74 Å². The van der Waals surface area contributed by atoms with E-state index in [0.29, 0.717) is 12.0 Å². The van der Waals surface area contributed by atoms with Crippen LogP contribution < -0.4 is 5.32 Å². The van der Waals surface area contributed by atoms with E-state index < -0.39 is 0 Å². The summed E-state index contributed by atoms with van der Waals surface area (Å²) in [6.07, 6.45) is 7.98. The standard InChI is InChI=1S/C18H27NO/c1-2-8-16(9-3-1)17-10-4-5-11-18(17)19-13-15-7-6-12-20-14-15/h1-3,8-9,15,17-19H,4-7,10-14H2. The van der Waals surface area contributed by atoms with E-state index in [0.717, 1.165) is 25.7 Å². The van der Waals surface area contributed by atoms with Gasteiger partial charge in [-0.25, -0.2) is 0 Å². The highest BCUT2D eigenvalue weighted by atomic mass is 16.5. The lowest BCUT2D eigenvalue weighted by Crippen LogP contribution is -2.41. The predicted octanol–water partition coefficient (Wildman–Crippen LogP) is 3.73. The third-order valence-corrected chi connectivity index (χ3v) is 4.92. The van der Waals surface area contributed by atoms with Gasteiger partial charge in [-0.3, -0.25) is 0 Å². The van der Waals surface area contributed by atoms with Crippen LogP contribution in [0.1, 0.15) is 50.0 Å². The molecule has 0 spiro atoms. The number of hydrogen-bond acceptors (Lipinski definition) is 2. The normalized spacial score (nSPS) is 31.1. The molecule has 0 amide bonds. The fourth-order valence-electron chi connectivity index (χ4n) is 3.76.